The van der Waals surface area contributed by atoms with Gasteiger partial charge in [-0.2, -0.15) is 0 Å². The van der Waals surface area contributed by atoms with Crippen molar-refractivity contribution in [2.24, 2.45) is 5.41 Å². The van der Waals surface area contributed by atoms with Crippen molar-refractivity contribution in [3.63, 3.8) is 0 Å². The maximum atomic E-state index is 13.0. The van der Waals surface area contributed by atoms with Gasteiger partial charge >= 0.3 is 0 Å². The van der Waals surface area contributed by atoms with Gasteiger partial charge in [0.2, 0.25) is 0 Å². The zero-order valence-electron chi connectivity index (χ0n) is 14.3. The van der Waals surface area contributed by atoms with E-state index in [1.807, 2.05) is 11.6 Å². The van der Waals surface area contributed by atoms with Crippen LogP contribution in [0.2, 0.25) is 0 Å². The average Bonchev–Trinajstić information content (AvgIpc) is 3.06. The van der Waals surface area contributed by atoms with E-state index < -0.39 is 0 Å². The van der Waals surface area contributed by atoms with E-state index in [4.69, 9.17) is 4.74 Å². The zero-order chi connectivity index (χ0) is 17.1. The van der Waals surface area contributed by atoms with Crippen LogP contribution in [0.4, 0.5) is 4.39 Å². The van der Waals surface area contributed by atoms with E-state index in [-0.39, 0.29) is 5.82 Å². The number of ether oxygens (including phenoxy) is 1. The first-order valence-corrected chi connectivity index (χ1v) is 9.85. The van der Waals surface area contributed by atoms with Crippen LogP contribution in [0.25, 0.3) is 0 Å². The number of piperidine rings is 1. The fourth-order valence-electron chi connectivity index (χ4n) is 3.97. The fourth-order valence-corrected chi connectivity index (χ4v) is 4.61. The molecule has 25 heavy (non-hydrogen) atoms. The highest BCUT2D eigenvalue weighted by atomic mass is 32.1. The van der Waals surface area contributed by atoms with Crippen LogP contribution < -0.4 is 10.1 Å². The predicted molar refractivity (Wildman–Crippen MR) is 97.4 cm³/mol. The van der Waals surface area contributed by atoms with Crippen LogP contribution in [-0.4, -0.2) is 42.2 Å². The van der Waals surface area contributed by atoms with Crippen molar-refractivity contribution in [3.8, 4) is 5.75 Å². The van der Waals surface area contributed by atoms with Crippen LogP contribution in [0.5, 0.6) is 5.75 Å². The van der Waals surface area contributed by atoms with Gasteiger partial charge in [-0.15, -0.1) is 11.3 Å². The lowest BCUT2D eigenvalue weighted by Crippen LogP contribution is -2.37. The number of nitrogens with one attached hydrogen (secondary N) is 1. The normalized spacial score (nSPS) is 21.6. The van der Waals surface area contributed by atoms with Gasteiger partial charge in [-0.1, -0.05) is 0 Å². The molecule has 0 radical (unpaired) electrons. The van der Waals surface area contributed by atoms with Gasteiger partial charge in [0.05, 0.1) is 6.54 Å². The summed E-state index contributed by atoms with van der Waals surface area (Å²) in [4.78, 5) is 6.99. The van der Waals surface area contributed by atoms with Gasteiger partial charge in [-0.05, 0) is 62.0 Å². The summed E-state index contributed by atoms with van der Waals surface area (Å²) in [6.07, 6.45) is 5.70. The van der Waals surface area contributed by atoms with Gasteiger partial charge in [0, 0.05) is 24.2 Å². The molecule has 1 N–H and O–H groups in total. The molecule has 2 heterocycles. The Labute approximate surface area is 152 Å². The summed E-state index contributed by atoms with van der Waals surface area (Å²) < 4.78 is 18.8. The molecule has 1 aromatic carbocycles. The van der Waals surface area contributed by atoms with Gasteiger partial charge < -0.3 is 10.1 Å². The predicted octanol–water partition coefficient (Wildman–Crippen LogP) is 3.31. The van der Waals surface area contributed by atoms with Crippen molar-refractivity contribution in [1.82, 2.24) is 15.2 Å². The van der Waals surface area contributed by atoms with E-state index in [1.54, 1.807) is 23.5 Å². The van der Waals surface area contributed by atoms with Crippen molar-refractivity contribution in [1.29, 1.82) is 0 Å². The molecule has 1 spiro atoms. The molecule has 1 aliphatic heterocycles. The summed E-state index contributed by atoms with van der Waals surface area (Å²) in [6.45, 7) is 4.64. The average molecular weight is 361 g/mol. The first-order chi connectivity index (χ1) is 12.3. The molecule has 1 aromatic heterocycles. The van der Waals surface area contributed by atoms with Crippen LogP contribution in [-0.2, 0) is 6.54 Å². The molecular formula is C19H24FN3OS. The van der Waals surface area contributed by atoms with Crippen molar-refractivity contribution in [3.05, 3.63) is 46.7 Å². The summed E-state index contributed by atoms with van der Waals surface area (Å²) >= 11 is 1.72. The van der Waals surface area contributed by atoms with Crippen LogP contribution >= 0.6 is 11.3 Å². The molecule has 0 bridgehead atoms. The third-order valence-corrected chi connectivity index (χ3v) is 6.23. The molecule has 1 unspecified atom stereocenters. The molecule has 2 aromatic rings. The van der Waals surface area contributed by atoms with Crippen molar-refractivity contribution in [2.75, 3.05) is 26.2 Å². The Morgan fingerprint density at radius 1 is 1.28 bits per heavy atom. The largest absolute Gasteiger partial charge is 0.492 e. The molecule has 4 nitrogen and oxygen atoms in total. The van der Waals surface area contributed by atoms with Crippen LogP contribution in [0, 0.1) is 11.2 Å². The number of hydrogen-bond donors (Lipinski definition) is 1. The first kappa shape index (κ1) is 16.9. The smallest absolute Gasteiger partial charge is 0.123 e. The zero-order valence-corrected chi connectivity index (χ0v) is 15.1. The third kappa shape index (κ3) is 4.02. The molecule has 0 amide bonds. The number of thiazole rings is 1. The first-order valence-electron chi connectivity index (χ1n) is 8.97. The van der Waals surface area contributed by atoms with E-state index in [0.717, 1.165) is 36.9 Å². The molecule has 134 valence electrons. The Hall–Kier alpha value is -1.50. The Balaban J connectivity index is 1.36. The summed E-state index contributed by atoms with van der Waals surface area (Å²) in [5, 5.41) is 6.67. The van der Waals surface area contributed by atoms with E-state index in [9.17, 15) is 4.39 Å². The van der Waals surface area contributed by atoms with E-state index >= 15 is 0 Å². The van der Waals surface area contributed by atoms with Gasteiger partial charge in [0.25, 0.3) is 0 Å². The number of hydrogen-bond acceptors (Lipinski definition) is 5. The van der Waals surface area contributed by atoms with Crippen molar-refractivity contribution in [2.45, 2.75) is 31.8 Å². The number of aromatic nitrogens is 1. The second-order valence-electron chi connectivity index (χ2n) is 7.03. The highest BCUT2D eigenvalue weighted by molar-refractivity contribution is 7.09. The molecular weight excluding hydrogens is 337 g/mol. The Bertz CT molecular complexity index is 670. The van der Waals surface area contributed by atoms with E-state index in [0.29, 0.717) is 18.1 Å². The third-order valence-electron chi connectivity index (χ3n) is 5.47. The maximum absolute atomic E-state index is 13.0. The molecule has 2 fully saturated rings. The summed E-state index contributed by atoms with van der Waals surface area (Å²) in [5.41, 5.74) is 0.498. The van der Waals surface area contributed by atoms with Gasteiger partial charge in [-0.25, -0.2) is 9.37 Å². The number of rotatable bonds is 7. The molecule has 1 aliphatic carbocycles. The van der Waals surface area contributed by atoms with Gasteiger partial charge in [0.1, 0.15) is 23.2 Å². The fraction of sp³-hybridized carbons (Fsp3) is 0.526. The van der Waals surface area contributed by atoms with Crippen molar-refractivity contribution >= 4 is 11.3 Å². The van der Waals surface area contributed by atoms with Crippen LogP contribution in [0.15, 0.2) is 35.8 Å². The standard InChI is InChI=1S/C19H24FN3OS/c20-15-1-3-16(4-2-15)24-11-10-23(14-18-22-9-12-25-18)17-13-19(17)5-7-21-8-6-19/h1-4,9,12,17,21H,5-8,10-11,13-14H2. The van der Waals surface area contributed by atoms with Gasteiger partial charge in [-0.3, -0.25) is 4.90 Å². The second kappa shape index (κ2) is 7.40. The topological polar surface area (TPSA) is 37.4 Å². The molecule has 1 atom stereocenters. The Morgan fingerprint density at radius 3 is 2.80 bits per heavy atom. The second-order valence-corrected chi connectivity index (χ2v) is 8.01. The van der Waals surface area contributed by atoms with E-state index in [2.05, 4.69) is 15.2 Å². The summed E-state index contributed by atoms with van der Waals surface area (Å²) in [5.74, 6) is 0.492. The van der Waals surface area contributed by atoms with Crippen LogP contribution in [0.1, 0.15) is 24.3 Å². The molecule has 2 aliphatic rings. The lowest BCUT2D eigenvalue weighted by Gasteiger charge is -2.29. The highest BCUT2D eigenvalue weighted by Crippen LogP contribution is 2.55. The number of halogens is 1. The molecule has 1 saturated heterocycles. The summed E-state index contributed by atoms with van der Waals surface area (Å²) in [7, 11) is 0. The molecule has 1 saturated carbocycles. The highest BCUT2D eigenvalue weighted by Gasteiger charge is 2.56. The molecule has 6 heteroatoms. The lowest BCUT2D eigenvalue weighted by atomic mass is 9.93. The minimum absolute atomic E-state index is 0.233. The maximum Gasteiger partial charge on any atom is 0.123 e. The van der Waals surface area contributed by atoms with Crippen LogP contribution in [0.3, 0.4) is 0 Å². The minimum Gasteiger partial charge on any atom is -0.492 e. The Kier molecular flexibility index (Phi) is 5.01. The minimum atomic E-state index is -0.233. The summed E-state index contributed by atoms with van der Waals surface area (Å²) in [6, 6.07) is 6.88. The quantitative estimate of drug-likeness (QED) is 0.821. The Morgan fingerprint density at radius 2 is 2.08 bits per heavy atom. The molecule has 4 rings (SSSR count). The van der Waals surface area contributed by atoms with Gasteiger partial charge in [0.15, 0.2) is 0 Å². The lowest BCUT2D eigenvalue weighted by molar-refractivity contribution is 0.162. The van der Waals surface area contributed by atoms with E-state index in [1.165, 1.54) is 31.4 Å². The van der Waals surface area contributed by atoms with Crippen molar-refractivity contribution < 1.29 is 9.13 Å². The number of benzene rings is 1. The SMILES string of the molecule is Fc1ccc(OCCN(Cc2nccs2)C2CC23CCNCC3)cc1. The monoisotopic (exact) mass is 361 g/mol. The number of nitrogens with zero attached hydrogens (tertiary/aromatic N) is 2.